The molecular weight excluding hydrogens is 350 g/mol. The van der Waals surface area contributed by atoms with E-state index in [4.69, 9.17) is 4.74 Å². The monoisotopic (exact) mass is 373 g/mol. The number of piperidine rings is 1. The minimum atomic E-state index is 0.139. The summed E-state index contributed by atoms with van der Waals surface area (Å²) in [5, 5.41) is 1.05. The van der Waals surface area contributed by atoms with Crippen molar-refractivity contribution in [3.63, 3.8) is 0 Å². The van der Waals surface area contributed by atoms with E-state index in [1.54, 1.807) is 12.4 Å². The maximum absolute atomic E-state index is 13.3. The molecule has 3 aromatic rings. The van der Waals surface area contributed by atoms with Crippen LogP contribution in [0.25, 0.3) is 10.9 Å². The number of hydrogen-bond acceptors (Lipinski definition) is 4. The average molecular weight is 373 g/mol. The number of hydrogen-bond donors (Lipinski definition) is 0. The van der Waals surface area contributed by atoms with Crippen LogP contribution in [0.5, 0.6) is 5.75 Å². The normalized spacial score (nSPS) is 23.8. The van der Waals surface area contributed by atoms with Gasteiger partial charge in [-0.15, -0.1) is 0 Å². The predicted octanol–water partition coefficient (Wildman–Crippen LogP) is 4.15. The first-order chi connectivity index (χ1) is 13.7. The first-order valence-corrected chi connectivity index (χ1v) is 9.94. The number of nitrogens with zero attached hydrogens (tertiary/aromatic N) is 3. The molecule has 2 saturated heterocycles. The average Bonchev–Trinajstić information content (AvgIpc) is 2.99. The Morgan fingerprint density at radius 3 is 2.54 bits per heavy atom. The number of aryl methyl sites for hydroxylation is 1. The van der Waals surface area contributed by atoms with Crippen molar-refractivity contribution >= 4 is 16.8 Å². The fraction of sp³-hybridized carbons (Fsp3) is 0.348. The number of ether oxygens (including phenoxy) is 1. The van der Waals surface area contributed by atoms with Gasteiger partial charge in [0.1, 0.15) is 11.9 Å². The standard InChI is InChI=1S/C23H23N3O2/c1-15-6-11-25-22-5-2-16(12-21(15)22)23(27)26-17-3-4-18(26)14-20(13-17)28-19-7-9-24-10-8-19/h2,5-12,17-18,20H,3-4,13-14H2,1H3. The molecule has 2 aliphatic rings. The molecule has 142 valence electrons. The molecule has 2 unspecified atom stereocenters. The van der Waals surface area contributed by atoms with Crippen molar-refractivity contribution in [2.24, 2.45) is 0 Å². The van der Waals surface area contributed by atoms with Gasteiger partial charge in [0.15, 0.2) is 0 Å². The molecule has 0 radical (unpaired) electrons. The summed E-state index contributed by atoms with van der Waals surface area (Å²) < 4.78 is 6.16. The maximum atomic E-state index is 13.3. The zero-order valence-corrected chi connectivity index (χ0v) is 15.9. The van der Waals surface area contributed by atoms with Gasteiger partial charge in [0, 0.05) is 54.5 Å². The van der Waals surface area contributed by atoms with Crippen LogP contribution in [0.15, 0.2) is 55.0 Å². The summed E-state index contributed by atoms with van der Waals surface area (Å²) in [6.07, 6.45) is 9.36. The van der Waals surface area contributed by atoms with Crippen molar-refractivity contribution in [1.82, 2.24) is 14.9 Å². The Bertz CT molecular complexity index is 1010. The van der Waals surface area contributed by atoms with Gasteiger partial charge in [-0.25, -0.2) is 0 Å². The molecule has 2 fully saturated rings. The first-order valence-electron chi connectivity index (χ1n) is 9.94. The van der Waals surface area contributed by atoms with Crippen LogP contribution in [0.2, 0.25) is 0 Å². The molecule has 2 atom stereocenters. The molecule has 0 N–H and O–H groups in total. The lowest BCUT2D eigenvalue weighted by Crippen LogP contribution is -2.49. The van der Waals surface area contributed by atoms with Gasteiger partial charge in [-0.1, -0.05) is 0 Å². The van der Waals surface area contributed by atoms with Crippen molar-refractivity contribution in [2.75, 3.05) is 0 Å². The van der Waals surface area contributed by atoms with Crippen LogP contribution in [-0.4, -0.2) is 39.0 Å². The second kappa shape index (κ2) is 6.89. The Morgan fingerprint density at radius 1 is 1.04 bits per heavy atom. The van der Waals surface area contributed by atoms with Gasteiger partial charge < -0.3 is 9.64 Å². The van der Waals surface area contributed by atoms with Crippen molar-refractivity contribution in [3.05, 3.63) is 66.1 Å². The van der Waals surface area contributed by atoms with Gasteiger partial charge in [0.2, 0.25) is 0 Å². The summed E-state index contributed by atoms with van der Waals surface area (Å²) in [6.45, 7) is 2.06. The number of rotatable bonds is 3. The zero-order valence-electron chi connectivity index (χ0n) is 15.9. The lowest BCUT2D eigenvalue weighted by Gasteiger charge is -2.39. The highest BCUT2D eigenvalue weighted by Crippen LogP contribution is 2.38. The number of carbonyl (C=O) groups is 1. The first kappa shape index (κ1) is 17.2. The van der Waals surface area contributed by atoms with Gasteiger partial charge in [-0.3, -0.25) is 14.8 Å². The SMILES string of the molecule is Cc1ccnc2ccc(C(=O)N3C4CCC3CC(Oc3ccncc3)C4)cc12. The molecule has 28 heavy (non-hydrogen) atoms. The number of benzene rings is 1. The second-order valence-corrected chi connectivity index (χ2v) is 7.85. The minimum Gasteiger partial charge on any atom is -0.490 e. The van der Waals surface area contributed by atoms with Crippen LogP contribution in [0, 0.1) is 6.92 Å². The Balaban J connectivity index is 1.36. The minimum absolute atomic E-state index is 0.139. The van der Waals surface area contributed by atoms with Gasteiger partial charge in [-0.2, -0.15) is 0 Å². The summed E-state index contributed by atoms with van der Waals surface area (Å²) in [4.78, 5) is 23.9. The Labute approximate surface area is 164 Å². The fourth-order valence-electron chi connectivity index (χ4n) is 4.73. The highest BCUT2D eigenvalue weighted by molar-refractivity contribution is 5.99. The Morgan fingerprint density at radius 2 is 1.79 bits per heavy atom. The summed E-state index contributed by atoms with van der Waals surface area (Å²) in [6, 6.07) is 12.1. The number of pyridine rings is 2. The van der Waals surface area contributed by atoms with E-state index in [1.807, 2.05) is 42.6 Å². The Kier molecular flexibility index (Phi) is 4.23. The second-order valence-electron chi connectivity index (χ2n) is 7.85. The van der Waals surface area contributed by atoms with Crippen LogP contribution in [0.3, 0.4) is 0 Å². The highest BCUT2D eigenvalue weighted by atomic mass is 16.5. The van der Waals surface area contributed by atoms with Crippen LogP contribution in [0.4, 0.5) is 0 Å². The van der Waals surface area contributed by atoms with Gasteiger partial charge >= 0.3 is 0 Å². The van der Waals surface area contributed by atoms with Gasteiger partial charge in [-0.05, 0) is 61.7 Å². The molecule has 2 aliphatic heterocycles. The number of aromatic nitrogens is 2. The van der Waals surface area contributed by atoms with Gasteiger partial charge in [0.25, 0.3) is 5.91 Å². The molecule has 5 nitrogen and oxygen atoms in total. The highest BCUT2D eigenvalue weighted by Gasteiger charge is 2.44. The van der Waals surface area contributed by atoms with Crippen LogP contribution < -0.4 is 4.74 Å². The van der Waals surface area contributed by atoms with E-state index in [9.17, 15) is 4.79 Å². The van der Waals surface area contributed by atoms with Crippen molar-refractivity contribution in [1.29, 1.82) is 0 Å². The molecule has 4 heterocycles. The molecule has 1 aromatic carbocycles. The molecule has 0 saturated carbocycles. The topological polar surface area (TPSA) is 55.3 Å². The largest absolute Gasteiger partial charge is 0.490 e. The smallest absolute Gasteiger partial charge is 0.254 e. The van der Waals surface area contributed by atoms with E-state index in [1.165, 1.54) is 0 Å². The molecule has 5 rings (SSSR count). The number of fused-ring (bicyclic) bond motifs is 3. The zero-order chi connectivity index (χ0) is 19.1. The van der Waals surface area contributed by atoms with Crippen LogP contribution >= 0.6 is 0 Å². The van der Waals surface area contributed by atoms with Crippen molar-refractivity contribution in [3.8, 4) is 5.75 Å². The maximum Gasteiger partial charge on any atom is 0.254 e. The lowest BCUT2D eigenvalue weighted by molar-refractivity contribution is 0.0359. The van der Waals surface area contributed by atoms with E-state index in [0.29, 0.717) is 0 Å². The van der Waals surface area contributed by atoms with Crippen molar-refractivity contribution in [2.45, 2.75) is 50.8 Å². The molecular formula is C23H23N3O2. The summed E-state index contributed by atoms with van der Waals surface area (Å²) in [7, 11) is 0. The quantitative estimate of drug-likeness (QED) is 0.692. The van der Waals surface area contributed by atoms with E-state index in [-0.39, 0.29) is 24.1 Å². The summed E-state index contributed by atoms with van der Waals surface area (Å²) in [5.74, 6) is 0.997. The molecule has 0 spiro atoms. The molecule has 2 bridgehead atoms. The summed E-state index contributed by atoms with van der Waals surface area (Å²) >= 11 is 0. The lowest BCUT2D eigenvalue weighted by atomic mass is 9.97. The number of amides is 1. The fourth-order valence-corrected chi connectivity index (χ4v) is 4.73. The Hall–Kier alpha value is -2.95. The van der Waals surface area contributed by atoms with Gasteiger partial charge in [0.05, 0.1) is 5.52 Å². The number of carbonyl (C=O) groups excluding carboxylic acids is 1. The third kappa shape index (κ3) is 3.01. The van der Waals surface area contributed by atoms with Crippen molar-refractivity contribution < 1.29 is 9.53 Å². The third-order valence-corrected chi connectivity index (χ3v) is 6.08. The molecule has 1 amide bonds. The van der Waals surface area contributed by atoms with Crippen LogP contribution in [0.1, 0.15) is 41.6 Å². The molecule has 0 aliphatic carbocycles. The third-order valence-electron chi connectivity index (χ3n) is 6.08. The summed E-state index contributed by atoms with van der Waals surface area (Å²) in [5.41, 5.74) is 2.84. The molecule has 5 heteroatoms. The van der Waals surface area contributed by atoms with E-state index in [2.05, 4.69) is 21.8 Å². The van der Waals surface area contributed by atoms with E-state index < -0.39 is 0 Å². The molecule has 2 aromatic heterocycles. The van der Waals surface area contributed by atoms with Crippen LogP contribution in [-0.2, 0) is 0 Å². The van der Waals surface area contributed by atoms with E-state index in [0.717, 1.165) is 53.5 Å². The van der Waals surface area contributed by atoms with E-state index >= 15 is 0 Å². The predicted molar refractivity (Wildman–Crippen MR) is 107 cm³/mol.